The summed E-state index contributed by atoms with van der Waals surface area (Å²) in [4.78, 5) is 24.5. The Balaban J connectivity index is 1.34. The van der Waals surface area contributed by atoms with Crippen LogP contribution in [0.4, 0.5) is 0 Å². The van der Waals surface area contributed by atoms with Crippen molar-refractivity contribution >= 4 is 16.9 Å². The zero-order valence-electron chi connectivity index (χ0n) is 21.1. The number of carboxylic acid groups (broad SMARTS) is 1. The number of nitrogens with zero attached hydrogens (tertiary/aromatic N) is 3. The second-order valence-corrected chi connectivity index (χ2v) is 9.47. The molecule has 0 saturated heterocycles. The third-order valence-electron chi connectivity index (χ3n) is 6.85. The Morgan fingerprint density at radius 3 is 2.14 bits per heavy atom. The highest BCUT2D eigenvalue weighted by Gasteiger charge is 2.26. The van der Waals surface area contributed by atoms with Gasteiger partial charge in [0.1, 0.15) is 5.52 Å². The minimum atomic E-state index is -1.09. The van der Waals surface area contributed by atoms with Crippen molar-refractivity contribution in [2.45, 2.75) is 58.1 Å². The van der Waals surface area contributed by atoms with Crippen LogP contribution in [0.25, 0.3) is 22.0 Å². The molecule has 192 valence electrons. The van der Waals surface area contributed by atoms with Crippen LogP contribution in [0.5, 0.6) is 0 Å². The summed E-state index contributed by atoms with van der Waals surface area (Å²) >= 11 is 0. The first-order valence-corrected chi connectivity index (χ1v) is 12.9. The molecular weight excluding hydrogens is 466 g/mol. The van der Waals surface area contributed by atoms with E-state index in [4.69, 9.17) is 0 Å². The van der Waals surface area contributed by atoms with Crippen molar-refractivity contribution in [3.63, 3.8) is 0 Å². The Morgan fingerprint density at radius 2 is 1.51 bits per heavy atom. The fourth-order valence-electron chi connectivity index (χ4n) is 4.54. The van der Waals surface area contributed by atoms with Crippen LogP contribution in [0.2, 0.25) is 0 Å². The molecule has 1 heterocycles. The Bertz CT molecular complexity index is 1380. The number of aromatic nitrogens is 3. The monoisotopic (exact) mass is 499 g/mol. The Labute approximate surface area is 216 Å². The van der Waals surface area contributed by atoms with Crippen LogP contribution in [0.15, 0.2) is 77.6 Å². The molecule has 0 saturated carbocycles. The maximum Gasteiger partial charge on any atom is 0.309 e. The number of fused-ring (bicyclic) bond motifs is 1. The van der Waals surface area contributed by atoms with Crippen molar-refractivity contribution < 1.29 is 15.0 Å². The highest BCUT2D eigenvalue weighted by Crippen LogP contribution is 2.22. The van der Waals surface area contributed by atoms with E-state index in [1.165, 1.54) is 23.1 Å². The molecule has 0 aliphatic carbocycles. The largest absolute Gasteiger partial charge is 0.481 e. The van der Waals surface area contributed by atoms with Crippen molar-refractivity contribution in [2.75, 3.05) is 0 Å². The lowest BCUT2D eigenvalue weighted by Crippen LogP contribution is -2.32. The molecule has 7 heteroatoms. The highest BCUT2D eigenvalue weighted by molar-refractivity contribution is 5.76. The third kappa shape index (κ3) is 6.68. The van der Waals surface area contributed by atoms with Gasteiger partial charge in [-0.1, -0.05) is 79.2 Å². The lowest BCUT2D eigenvalue weighted by molar-refractivity contribution is -0.146. The average Bonchev–Trinajstić information content (AvgIpc) is 2.92. The number of benzene rings is 3. The van der Waals surface area contributed by atoms with Gasteiger partial charge in [0.25, 0.3) is 5.56 Å². The molecule has 0 unspecified atom stereocenters. The standard InChI is InChI=1S/C30H33N3O4/c1-2-3-6-21-9-14-23(15-10-21)24-16-11-22(12-17-24)13-18-28(34)26(30(36)37)19-20-33-29(35)25-7-4-5-8-27(25)31-32-33/h4-5,7-12,14-17,26,28,34H,2-3,6,13,18-20H2,1H3,(H,36,37)/t26-,28+/m0/s1. The maximum atomic E-state index is 12.6. The zero-order valence-corrected chi connectivity index (χ0v) is 21.1. The van der Waals surface area contributed by atoms with E-state index in [2.05, 4.69) is 53.6 Å². The summed E-state index contributed by atoms with van der Waals surface area (Å²) in [5, 5.41) is 28.8. The molecule has 0 spiro atoms. The van der Waals surface area contributed by atoms with Gasteiger partial charge >= 0.3 is 5.97 Å². The molecule has 0 radical (unpaired) electrons. The summed E-state index contributed by atoms with van der Waals surface area (Å²) in [5.74, 6) is -2.10. The molecule has 0 bridgehead atoms. The number of aliphatic hydroxyl groups is 1. The van der Waals surface area contributed by atoms with Crippen LogP contribution in [0, 0.1) is 5.92 Å². The fourth-order valence-corrected chi connectivity index (χ4v) is 4.54. The molecule has 4 aromatic rings. The summed E-state index contributed by atoms with van der Waals surface area (Å²) in [7, 11) is 0. The van der Waals surface area contributed by atoms with Crippen LogP contribution in [0.1, 0.15) is 43.7 Å². The zero-order chi connectivity index (χ0) is 26.2. The maximum absolute atomic E-state index is 12.6. The first-order chi connectivity index (χ1) is 18.0. The van der Waals surface area contributed by atoms with E-state index in [0.29, 0.717) is 23.7 Å². The summed E-state index contributed by atoms with van der Waals surface area (Å²) in [6.07, 6.45) is 3.37. The number of hydrogen-bond acceptors (Lipinski definition) is 5. The lowest BCUT2D eigenvalue weighted by atomic mass is 9.93. The molecule has 1 aromatic heterocycles. The molecule has 0 amide bonds. The Hall–Kier alpha value is -3.84. The normalized spacial score (nSPS) is 12.9. The molecule has 4 rings (SSSR count). The van der Waals surface area contributed by atoms with Crippen molar-refractivity contribution in [1.29, 1.82) is 0 Å². The van der Waals surface area contributed by atoms with Gasteiger partial charge in [0.2, 0.25) is 0 Å². The molecule has 2 N–H and O–H groups in total. The first-order valence-electron chi connectivity index (χ1n) is 12.9. The van der Waals surface area contributed by atoms with Crippen molar-refractivity contribution in [3.8, 4) is 11.1 Å². The van der Waals surface area contributed by atoms with E-state index < -0.39 is 18.0 Å². The molecule has 0 aliphatic rings. The average molecular weight is 500 g/mol. The quantitative estimate of drug-likeness (QED) is 0.288. The molecule has 0 fully saturated rings. The van der Waals surface area contributed by atoms with Crippen molar-refractivity contribution in [2.24, 2.45) is 5.92 Å². The van der Waals surface area contributed by atoms with Crippen molar-refractivity contribution in [1.82, 2.24) is 15.0 Å². The van der Waals surface area contributed by atoms with Gasteiger partial charge in [0.15, 0.2) is 0 Å². The van der Waals surface area contributed by atoms with Crippen molar-refractivity contribution in [3.05, 3.63) is 94.3 Å². The molecule has 2 atom stereocenters. The van der Waals surface area contributed by atoms with E-state index in [0.717, 1.165) is 23.1 Å². The number of aryl methyl sites for hydroxylation is 3. The summed E-state index contributed by atoms with van der Waals surface area (Å²) < 4.78 is 1.17. The van der Waals surface area contributed by atoms with Gasteiger partial charge in [0, 0.05) is 6.54 Å². The van der Waals surface area contributed by atoms with Gasteiger partial charge in [-0.15, -0.1) is 5.10 Å². The minimum Gasteiger partial charge on any atom is -0.481 e. The second kappa shape index (κ2) is 12.4. The summed E-state index contributed by atoms with van der Waals surface area (Å²) in [6.45, 7) is 2.26. The predicted octanol–water partition coefficient (Wildman–Crippen LogP) is 4.89. The van der Waals surface area contributed by atoms with E-state index in [1.54, 1.807) is 24.3 Å². The number of carboxylic acids is 1. The van der Waals surface area contributed by atoms with Gasteiger partial charge < -0.3 is 10.2 Å². The number of aliphatic carboxylic acids is 1. The first kappa shape index (κ1) is 26.2. The smallest absolute Gasteiger partial charge is 0.309 e. The van der Waals surface area contributed by atoms with E-state index in [9.17, 15) is 19.8 Å². The number of hydrogen-bond donors (Lipinski definition) is 2. The van der Waals surface area contributed by atoms with Gasteiger partial charge in [-0.2, -0.15) is 0 Å². The topological polar surface area (TPSA) is 105 Å². The minimum absolute atomic E-state index is 0.0661. The Kier molecular flexibility index (Phi) is 8.80. The van der Waals surface area contributed by atoms with Gasteiger partial charge in [0.05, 0.1) is 17.4 Å². The molecule has 3 aromatic carbocycles. The second-order valence-electron chi connectivity index (χ2n) is 9.47. The molecular formula is C30H33N3O4. The van der Waals surface area contributed by atoms with Gasteiger partial charge in [-0.05, 0) is 66.5 Å². The number of carbonyl (C=O) groups is 1. The van der Waals surface area contributed by atoms with E-state index >= 15 is 0 Å². The SMILES string of the molecule is CCCCc1ccc(-c2ccc(CC[C@@H](O)[C@H](CCn3nnc4ccccc4c3=O)C(=O)O)cc2)cc1. The summed E-state index contributed by atoms with van der Waals surface area (Å²) in [6, 6.07) is 23.7. The van der Waals surface area contributed by atoms with Crippen LogP contribution < -0.4 is 5.56 Å². The van der Waals surface area contributed by atoms with Crippen LogP contribution in [-0.2, 0) is 24.2 Å². The highest BCUT2D eigenvalue weighted by atomic mass is 16.4. The predicted molar refractivity (Wildman–Crippen MR) is 144 cm³/mol. The van der Waals surface area contributed by atoms with Gasteiger partial charge in [-0.25, -0.2) is 4.68 Å². The van der Waals surface area contributed by atoms with E-state index in [-0.39, 0.29) is 18.5 Å². The van der Waals surface area contributed by atoms with Crippen LogP contribution in [-0.4, -0.2) is 37.3 Å². The lowest BCUT2D eigenvalue weighted by Gasteiger charge is -2.19. The Morgan fingerprint density at radius 1 is 0.892 bits per heavy atom. The molecule has 37 heavy (non-hydrogen) atoms. The van der Waals surface area contributed by atoms with E-state index in [1.807, 2.05) is 12.1 Å². The molecule has 0 aliphatic heterocycles. The number of aliphatic hydroxyl groups excluding tert-OH is 1. The fraction of sp³-hybridized carbons (Fsp3) is 0.333. The number of rotatable bonds is 12. The third-order valence-corrected chi connectivity index (χ3v) is 6.85. The molecule has 7 nitrogen and oxygen atoms in total. The van der Waals surface area contributed by atoms with Crippen LogP contribution >= 0.6 is 0 Å². The summed E-state index contributed by atoms with van der Waals surface area (Å²) in [5.41, 5.74) is 4.83. The van der Waals surface area contributed by atoms with Gasteiger partial charge in [-0.3, -0.25) is 9.59 Å². The number of unbranched alkanes of at least 4 members (excludes halogenated alkanes) is 1. The van der Waals surface area contributed by atoms with Crippen LogP contribution in [0.3, 0.4) is 0 Å².